The highest BCUT2D eigenvalue weighted by atomic mass is 16.7. The summed E-state index contributed by atoms with van der Waals surface area (Å²) < 4.78 is 10.7. The number of phenols is 1. The van der Waals surface area contributed by atoms with Crippen LogP contribution < -0.4 is 20.1 Å². The van der Waals surface area contributed by atoms with Crippen molar-refractivity contribution in [3.05, 3.63) is 53.1 Å². The Morgan fingerprint density at radius 1 is 1.07 bits per heavy atom. The number of hydrogen-bond acceptors (Lipinski definition) is 8. The summed E-state index contributed by atoms with van der Waals surface area (Å²) in [7, 11) is 0. The fourth-order valence-corrected chi connectivity index (χ4v) is 4.69. The van der Waals surface area contributed by atoms with Crippen molar-refractivity contribution in [3.8, 4) is 17.2 Å². The van der Waals surface area contributed by atoms with Gasteiger partial charge >= 0.3 is 0 Å². The summed E-state index contributed by atoms with van der Waals surface area (Å²) in [5, 5.41) is 48.3. The minimum atomic E-state index is -1.45. The molecule has 0 spiro atoms. The number of aliphatic hydroxyl groups excluding tert-OH is 3. The fraction of sp³-hybridized carbons (Fsp3) is 0.381. The average Bonchev–Trinajstić information content (AvgIpc) is 3.22. The van der Waals surface area contributed by atoms with Gasteiger partial charge in [-0.25, -0.2) is 0 Å². The zero-order valence-corrected chi connectivity index (χ0v) is 15.9. The molecule has 0 saturated heterocycles. The summed E-state index contributed by atoms with van der Waals surface area (Å²) in [6.07, 6.45) is -4.14. The first-order valence-electron chi connectivity index (χ1n) is 9.75. The van der Waals surface area contributed by atoms with Gasteiger partial charge in [-0.3, -0.25) is 4.79 Å². The van der Waals surface area contributed by atoms with Crippen LogP contribution in [0.1, 0.15) is 27.4 Å². The third-order valence-electron chi connectivity index (χ3n) is 6.15. The Hall–Kier alpha value is -2.85. The molecule has 0 aromatic heterocycles. The standard InChI is InChI=1S/C21H22N2O7/c24-16-13-10(6-11-20(16)30-8-29-11)12-14(22-7-9-4-2-1-3-5-9)17(25)19(27)18(26)15(12)23-21(13)28/h1-6,12,14-15,17-19,22,24-27H,7-8H2,(H,23,28)/t12-,14+,15+,17-,18?,19+/m0/s1. The predicted octanol–water partition coefficient (Wildman–Crippen LogP) is -0.429. The van der Waals surface area contributed by atoms with Crippen molar-refractivity contribution in [2.45, 2.75) is 42.9 Å². The maximum Gasteiger partial charge on any atom is 0.255 e. The van der Waals surface area contributed by atoms with E-state index >= 15 is 0 Å². The summed E-state index contributed by atoms with van der Waals surface area (Å²) in [4.78, 5) is 12.7. The van der Waals surface area contributed by atoms with Gasteiger partial charge in [-0.2, -0.15) is 0 Å². The molecule has 0 radical (unpaired) electrons. The second-order valence-electron chi connectivity index (χ2n) is 7.81. The van der Waals surface area contributed by atoms with E-state index in [1.807, 2.05) is 30.3 Å². The van der Waals surface area contributed by atoms with Crippen molar-refractivity contribution in [2.24, 2.45) is 0 Å². The zero-order chi connectivity index (χ0) is 21.0. The van der Waals surface area contributed by atoms with E-state index in [-0.39, 0.29) is 29.6 Å². The number of carbonyl (C=O) groups excluding carboxylic acids is 1. The lowest BCUT2D eigenvalue weighted by Crippen LogP contribution is -2.69. The monoisotopic (exact) mass is 414 g/mol. The van der Waals surface area contributed by atoms with Crippen LogP contribution in [0.15, 0.2) is 36.4 Å². The van der Waals surface area contributed by atoms with Crippen LogP contribution >= 0.6 is 0 Å². The van der Waals surface area contributed by atoms with E-state index in [0.29, 0.717) is 12.1 Å². The number of amides is 1. The Kier molecular flexibility index (Phi) is 4.55. The van der Waals surface area contributed by atoms with E-state index in [2.05, 4.69) is 10.6 Å². The van der Waals surface area contributed by atoms with Crippen molar-refractivity contribution in [3.63, 3.8) is 0 Å². The normalized spacial score (nSPS) is 31.6. The quantitative estimate of drug-likeness (QED) is 0.398. The second-order valence-corrected chi connectivity index (χ2v) is 7.81. The number of carbonyl (C=O) groups is 1. The third-order valence-corrected chi connectivity index (χ3v) is 6.15. The van der Waals surface area contributed by atoms with Crippen molar-refractivity contribution in [1.29, 1.82) is 0 Å². The highest BCUT2D eigenvalue weighted by Gasteiger charge is 2.54. The van der Waals surface area contributed by atoms with E-state index in [1.54, 1.807) is 6.07 Å². The number of aromatic hydroxyl groups is 1. The molecule has 5 rings (SSSR count). The van der Waals surface area contributed by atoms with Gasteiger partial charge in [0.15, 0.2) is 11.5 Å². The molecule has 1 amide bonds. The average molecular weight is 414 g/mol. The molecule has 1 fully saturated rings. The number of nitrogens with one attached hydrogen (secondary N) is 2. The molecule has 2 aliphatic heterocycles. The highest BCUT2D eigenvalue weighted by molar-refractivity contribution is 6.01. The molecule has 9 heteroatoms. The Bertz CT molecular complexity index is 983. The molecule has 3 aliphatic rings. The molecule has 0 bridgehead atoms. The molecule has 2 aromatic carbocycles. The van der Waals surface area contributed by atoms with E-state index in [9.17, 15) is 25.2 Å². The third kappa shape index (κ3) is 2.82. The second kappa shape index (κ2) is 7.13. The van der Waals surface area contributed by atoms with E-state index < -0.39 is 42.2 Å². The van der Waals surface area contributed by atoms with Crippen LogP contribution in [0.25, 0.3) is 0 Å². The van der Waals surface area contributed by atoms with Crippen LogP contribution in [0.4, 0.5) is 0 Å². The Labute approximate surface area is 171 Å². The number of rotatable bonds is 3. The van der Waals surface area contributed by atoms with Gasteiger partial charge in [-0.1, -0.05) is 30.3 Å². The summed E-state index contributed by atoms with van der Waals surface area (Å²) in [6, 6.07) is 9.55. The van der Waals surface area contributed by atoms with E-state index in [0.717, 1.165) is 5.56 Å². The van der Waals surface area contributed by atoms with Gasteiger partial charge in [0.2, 0.25) is 12.5 Å². The molecule has 2 aromatic rings. The van der Waals surface area contributed by atoms with Crippen LogP contribution in [0.5, 0.6) is 17.2 Å². The van der Waals surface area contributed by atoms with Crippen molar-refractivity contribution >= 4 is 5.91 Å². The van der Waals surface area contributed by atoms with Gasteiger partial charge < -0.3 is 40.5 Å². The molecule has 158 valence electrons. The molecular formula is C21H22N2O7. The number of fused-ring (bicyclic) bond motifs is 4. The van der Waals surface area contributed by atoms with Crippen LogP contribution in [0.3, 0.4) is 0 Å². The number of benzene rings is 2. The predicted molar refractivity (Wildman–Crippen MR) is 103 cm³/mol. The summed E-state index contributed by atoms with van der Waals surface area (Å²) in [6.45, 7) is 0.315. The number of phenolic OH excluding ortho intramolecular Hbond substituents is 1. The van der Waals surface area contributed by atoms with E-state index in [1.165, 1.54) is 0 Å². The van der Waals surface area contributed by atoms with Crippen molar-refractivity contribution in [2.75, 3.05) is 6.79 Å². The molecule has 1 unspecified atom stereocenters. The van der Waals surface area contributed by atoms with Gasteiger partial charge in [-0.15, -0.1) is 0 Å². The molecule has 2 heterocycles. The van der Waals surface area contributed by atoms with Crippen molar-refractivity contribution in [1.82, 2.24) is 10.6 Å². The minimum absolute atomic E-state index is 0.0165. The lowest BCUT2D eigenvalue weighted by atomic mass is 9.68. The van der Waals surface area contributed by atoms with E-state index in [4.69, 9.17) is 9.47 Å². The molecular weight excluding hydrogens is 392 g/mol. The lowest BCUT2D eigenvalue weighted by Gasteiger charge is -2.49. The molecule has 30 heavy (non-hydrogen) atoms. The minimum Gasteiger partial charge on any atom is -0.504 e. The van der Waals surface area contributed by atoms with Crippen LogP contribution in [0.2, 0.25) is 0 Å². The first-order valence-corrected chi connectivity index (χ1v) is 9.75. The van der Waals surface area contributed by atoms with Crippen LogP contribution in [-0.2, 0) is 6.54 Å². The number of aliphatic hydroxyl groups is 3. The number of ether oxygens (including phenoxy) is 2. The van der Waals surface area contributed by atoms with Gasteiger partial charge in [0, 0.05) is 18.5 Å². The fourth-order valence-electron chi connectivity index (χ4n) is 4.69. The van der Waals surface area contributed by atoms with Gasteiger partial charge in [0.1, 0.15) is 12.2 Å². The highest BCUT2D eigenvalue weighted by Crippen LogP contribution is 2.50. The van der Waals surface area contributed by atoms with Gasteiger partial charge in [0.25, 0.3) is 5.91 Å². The Balaban J connectivity index is 1.58. The first-order chi connectivity index (χ1) is 14.5. The summed E-state index contributed by atoms with van der Waals surface area (Å²) in [5.41, 5.74) is 1.40. The molecule has 6 N–H and O–H groups in total. The largest absolute Gasteiger partial charge is 0.504 e. The number of hydrogen-bond donors (Lipinski definition) is 6. The van der Waals surface area contributed by atoms with Crippen molar-refractivity contribution < 1.29 is 34.7 Å². The Morgan fingerprint density at radius 3 is 2.60 bits per heavy atom. The molecule has 1 aliphatic carbocycles. The summed E-state index contributed by atoms with van der Waals surface area (Å²) >= 11 is 0. The van der Waals surface area contributed by atoms with Crippen LogP contribution in [0, 0.1) is 0 Å². The summed E-state index contributed by atoms with van der Waals surface area (Å²) in [5.74, 6) is -1.18. The lowest BCUT2D eigenvalue weighted by molar-refractivity contribution is -0.119. The SMILES string of the molecule is O=C1N[C@H]2C(O)[C@H](O)[C@@H](O)[C@H](NCc3ccccc3)[C@@H]2c2cc3c(c(O)c21)OCO3. The van der Waals surface area contributed by atoms with Crippen LogP contribution in [-0.4, -0.2) is 63.5 Å². The molecule has 6 atom stereocenters. The zero-order valence-electron chi connectivity index (χ0n) is 15.9. The maximum absolute atomic E-state index is 12.7. The smallest absolute Gasteiger partial charge is 0.255 e. The van der Waals surface area contributed by atoms with Gasteiger partial charge in [-0.05, 0) is 17.2 Å². The molecule has 9 nitrogen and oxygen atoms in total. The first kappa shape index (κ1) is 19.1. The maximum atomic E-state index is 12.7. The molecule has 1 saturated carbocycles. The van der Waals surface area contributed by atoms with Gasteiger partial charge in [0.05, 0.1) is 17.7 Å². The Morgan fingerprint density at radius 2 is 1.83 bits per heavy atom. The topological polar surface area (TPSA) is 141 Å².